The minimum Gasteiger partial charge on any atom is -0.309 e. The first kappa shape index (κ1) is 12.4. The molecule has 0 aliphatic rings. The van der Waals surface area contributed by atoms with Crippen LogP contribution in [0.3, 0.4) is 0 Å². The van der Waals surface area contributed by atoms with E-state index in [0.717, 1.165) is 22.6 Å². The first-order valence-electron chi connectivity index (χ1n) is 5.94. The Morgan fingerprint density at radius 1 is 1.35 bits per heavy atom. The molecule has 0 aromatic carbocycles. The minimum atomic E-state index is 0.350. The molecule has 0 aliphatic carbocycles. The average molecular weight is 252 g/mol. The molecule has 92 valence electrons. The highest BCUT2D eigenvalue weighted by Crippen LogP contribution is 2.26. The molecule has 17 heavy (non-hydrogen) atoms. The van der Waals surface area contributed by atoms with Crippen LogP contribution in [0.25, 0.3) is 11.2 Å². The van der Waals surface area contributed by atoms with Crippen molar-refractivity contribution in [2.24, 2.45) is 5.92 Å². The van der Waals surface area contributed by atoms with Gasteiger partial charge in [0.2, 0.25) is 0 Å². The predicted octanol–water partition coefficient (Wildman–Crippen LogP) is 3.70. The first-order chi connectivity index (χ1) is 8.06. The van der Waals surface area contributed by atoms with E-state index in [1.54, 1.807) is 0 Å². The molecule has 2 rings (SSSR count). The van der Waals surface area contributed by atoms with Crippen molar-refractivity contribution < 1.29 is 0 Å². The van der Waals surface area contributed by atoms with Gasteiger partial charge in [0, 0.05) is 12.2 Å². The molecule has 1 atom stereocenters. The van der Waals surface area contributed by atoms with Crippen molar-refractivity contribution in [2.75, 3.05) is 0 Å². The quantitative estimate of drug-likeness (QED) is 0.779. The van der Waals surface area contributed by atoms with Gasteiger partial charge >= 0.3 is 0 Å². The van der Waals surface area contributed by atoms with Gasteiger partial charge in [-0.15, -0.1) is 11.6 Å². The summed E-state index contributed by atoms with van der Waals surface area (Å²) in [5.41, 5.74) is 3.06. The molecule has 1 unspecified atom stereocenters. The third-order valence-corrected chi connectivity index (χ3v) is 3.58. The number of rotatable bonds is 3. The monoisotopic (exact) mass is 251 g/mol. The summed E-state index contributed by atoms with van der Waals surface area (Å²) >= 11 is 5.99. The SMILES string of the molecule is Cc1ccnc2c1nc(CCl)n2C(C)C(C)C. The van der Waals surface area contributed by atoms with Gasteiger partial charge in [0.25, 0.3) is 0 Å². The van der Waals surface area contributed by atoms with E-state index in [0.29, 0.717) is 17.8 Å². The fourth-order valence-corrected chi connectivity index (χ4v) is 2.16. The lowest BCUT2D eigenvalue weighted by atomic mass is 10.1. The van der Waals surface area contributed by atoms with Crippen molar-refractivity contribution >= 4 is 22.8 Å². The lowest BCUT2D eigenvalue weighted by Gasteiger charge is -2.19. The fraction of sp³-hybridized carbons (Fsp3) is 0.538. The van der Waals surface area contributed by atoms with Crippen molar-refractivity contribution in [1.29, 1.82) is 0 Å². The predicted molar refractivity (Wildman–Crippen MR) is 71.4 cm³/mol. The molecule has 2 aromatic rings. The van der Waals surface area contributed by atoms with Gasteiger partial charge in [-0.05, 0) is 31.4 Å². The summed E-state index contributed by atoms with van der Waals surface area (Å²) in [6, 6.07) is 2.33. The maximum Gasteiger partial charge on any atom is 0.160 e. The van der Waals surface area contributed by atoms with Crippen LogP contribution in [0.1, 0.15) is 38.2 Å². The van der Waals surface area contributed by atoms with Gasteiger partial charge in [-0.25, -0.2) is 9.97 Å². The van der Waals surface area contributed by atoms with Crippen LogP contribution in [0.2, 0.25) is 0 Å². The number of hydrogen-bond donors (Lipinski definition) is 0. The van der Waals surface area contributed by atoms with Crippen molar-refractivity contribution in [2.45, 2.75) is 39.6 Å². The summed E-state index contributed by atoms with van der Waals surface area (Å²) in [6.07, 6.45) is 1.83. The molecule has 0 spiro atoms. The second-order valence-corrected chi connectivity index (χ2v) is 5.08. The Kier molecular flexibility index (Phi) is 3.38. The van der Waals surface area contributed by atoms with E-state index < -0.39 is 0 Å². The molecule has 4 heteroatoms. The smallest absolute Gasteiger partial charge is 0.160 e. The molecule has 0 radical (unpaired) electrons. The van der Waals surface area contributed by atoms with E-state index in [9.17, 15) is 0 Å². The van der Waals surface area contributed by atoms with Crippen LogP contribution in [0, 0.1) is 12.8 Å². The number of halogens is 1. The zero-order chi connectivity index (χ0) is 12.6. The number of nitrogens with zero attached hydrogens (tertiary/aromatic N) is 3. The third kappa shape index (κ3) is 2.04. The van der Waals surface area contributed by atoms with Crippen molar-refractivity contribution in [3.8, 4) is 0 Å². The number of aromatic nitrogens is 3. The van der Waals surface area contributed by atoms with Crippen LogP contribution in [-0.2, 0) is 5.88 Å². The maximum atomic E-state index is 5.99. The maximum absolute atomic E-state index is 5.99. The molecule has 0 N–H and O–H groups in total. The summed E-state index contributed by atoms with van der Waals surface area (Å²) in [7, 11) is 0. The minimum absolute atomic E-state index is 0.350. The van der Waals surface area contributed by atoms with Crippen LogP contribution >= 0.6 is 11.6 Å². The molecule has 2 heterocycles. The van der Waals surface area contributed by atoms with Crippen LogP contribution in [0.4, 0.5) is 0 Å². The highest BCUT2D eigenvalue weighted by Gasteiger charge is 2.19. The van der Waals surface area contributed by atoms with Crippen LogP contribution in [0.15, 0.2) is 12.3 Å². The number of hydrogen-bond acceptors (Lipinski definition) is 2. The van der Waals surface area contributed by atoms with Crippen LogP contribution in [-0.4, -0.2) is 14.5 Å². The van der Waals surface area contributed by atoms with E-state index in [2.05, 4.69) is 42.2 Å². The van der Waals surface area contributed by atoms with Gasteiger partial charge in [0.15, 0.2) is 5.65 Å². The van der Waals surface area contributed by atoms with Crippen LogP contribution in [0.5, 0.6) is 0 Å². The Labute approximate surface area is 107 Å². The van der Waals surface area contributed by atoms with Gasteiger partial charge in [-0.1, -0.05) is 13.8 Å². The molecule has 2 aromatic heterocycles. The van der Waals surface area contributed by atoms with Crippen molar-refractivity contribution in [3.63, 3.8) is 0 Å². The van der Waals surface area contributed by atoms with E-state index >= 15 is 0 Å². The van der Waals surface area contributed by atoms with E-state index in [1.807, 2.05) is 12.3 Å². The number of pyridine rings is 1. The number of alkyl halides is 1. The van der Waals surface area contributed by atoms with E-state index in [-0.39, 0.29) is 0 Å². The first-order valence-corrected chi connectivity index (χ1v) is 6.48. The standard InChI is InChI=1S/C13H18ClN3/c1-8(2)10(4)17-11(7-14)16-12-9(3)5-6-15-13(12)17/h5-6,8,10H,7H2,1-4H3. The Morgan fingerprint density at radius 3 is 2.65 bits per heavy atom. The largest absolute Gasteiger partial charge is 0.309 e. The molecule has 0 aliphatic heterocycles. The summed E-state index contributed by atoms with van der Waals surface area (Å²) in [5, 5.41) is 0. The zero-order valence-corrected chi connectivity index (χ0v) is 11.5. The summed E-state index contributed by atoms with van der Waals surface area (Å²) in [6.45, 7) is 8.64. The Balaban J connectivity index is 2.71. The Hall–Kier alpha value is -1.09. The highest BCUT2D eigenvalue weighted by atomic mass is 35.5. The summed E-state index contributed by atoms with van der Waals surface area (Å²) in [4.78, 5) is 9.06. The number of aryl methyl sites for hydroxylation is 1. The molecule has 0 saturated carbocycles. The van der Waals surface area contributed by atoms with Crippen molar-refractivity contribution in [1.82, 2.24) is 14.5 Å². The van der Waals surface area contributed by atoms with Gasteiger partial charge in [0.1, 0.15) is 11.3 Å². The molecular weight excluding hydrogens is 234 g/mol. The second-order valence-electron chi connectivity index (χ2n) is 4.82. The number of fused-ring (bicyclic) bond motifs is 1. The van der Waals surface area contributed by atoms with Crippen molar-refractivity contribution in [3.05, 3.63) is 23.7 Å². The lowest BCUT2D eigenvalue weighted by Crippen LogP contribution is -2.14. The van der Waals surface area contributed by atoms with Gasteiger partial charge < -0.3 is 4.57 Å². The molecule has 0 saturated heterocycles. The topological polar surface area (TPSA) is 30.7 Å². The van der Waals surface area contributed by atoms with E-state index in [1.165, 1.54) is 0 Å². The van der Waals surface area contributed by atoms with Crippen LogP contribution < -0.4 is 0 Å². The molecule has 0 bridgehead atoms. The zero-order valence-electron chi connectivity index (χ0n) is 10.7. The average Bonchev–Trinajstić information content (AvgIpc) is 2.67. The van der Waals surface area contributed by atoms with Gasteiger partial charge in [0.05, 0.1) is 5.88 Å². The second kappa shape index (κ2) is 4.65. The molecular formula is C13H18ClN3. The number of imidazole rings is 1. The summed E-state index contributed by atoms with van der Waals surface area (Å²) in [5.74, 6) is 1.86. The van der Waals surface area contributed by atoms with Gasteiger partial charge in [-0.3, -0.25) is 0 Å². The van der Waals surface area contributed by atoms with Gasteiger partial charge in [-0.2, -0.15) is 0 Å². The third-order valence-electron chi connectivity index (χ3n) is 3.35. The van der Waals surface area contributed by atoms with E-state index in [4.69, 9.17) is 11.6 Å². The molecule has 3 nitrogen and oxygen atoms in total. The lowest BCUT2D eigenvalue weighted by molar-refractivity contribution is 0.407. The Morgan fingerprint density at radius 2 is 2.06 bits per heavy atom. The molecule has 0 fully saturated rings. The molecule has 0 amide bonds. The Bertz CT molecular complexity index is 531. The fourth-order valence-electron chi connectivity index (χ4n) is 1.98. The normalized spacial score (nSPS) is 13.5. The highest BCUT2D eigenvalue weighted by molar-refractivity contribution is 6.16. The summed E-state index contributed by atoms with van der Waals surface area (Å²) < 4.78 is 2.17.